The molecule has 0 bridgehead atoms. The van der Waals surface area contributed by atoms with E-state index in [1.165, 1.54) is 0 Å². The van der Waals surface area contributed by atoms with Crippen molar-refractivity contribution in [3.05, 3.63) is 53.9 Å². The van der Waals surface area contributed by atoms with Crippen LogP contribution in [-0.2, 0) is 9.47 Å². The van der Waals surface area contributed by atoms with Gasteiger partial charge in [-0.2, -0.15) is 0 Å². The lowest BCUT2D eigenvalue weighted by atomic mass is 10.1. The Bertz CT molecular complexity index is 1570. The monoisotopic (exact) mass is 618 g/mol. The third kappa shape index (κ3) is 7.41. The molecule has 11 nitrogen and oxygen atoms in total. The Morgan fingerprint density at radius 1 is 0.911 bits per heavy atom. The molecule has 1 aromatic carbocycles. The first-order valence-corrected chi connectivity index (χ1v) is 15.7. The molecule has 2 aromatic heterocycles. The minimum absolute atomic E-state index is 0.0806. The van der Waals surface area contributed by atoms with E-state index < -0.39 is 17.3 Å². The van der Waals surface area contributed by atoms with E-state index in [1.807, 2.05) is 59.7 Å². The van der Waals surface area contributed by atoms with Gasteiger partial charge in [0.2, 0.25) is 0 Å². The normalized spacial score (nSPS) is 19.6. The number of nitrogens with zero attached hydrogens (tertiary/aromatic N) is 5. The van der Waals surface area contributed by atoms with E-state index in [0.717, 1.165) is 36.2 Å². The summed E-state index contributed by atoms with van der Waals surface area (Å²) >= 11 is 0. The van der Waals surface area contributed by atoms with Gasteiger partial charge in [0.05, 0.1) is 11.6 Å². The molecule has 2 aliphatic rings. The molecular formula is C34H46N6O5. The number of ether oxygens (including phenoxy) is 2. The highest BCUT2D eigenvalue weighted by Crippen LogP contribution is 2.35. The van der Waals surface area contributed by atoms with Crippen LogP contribution in [-0.4, -0.2) is 87.9 Å². The number of benzene rings is 1. The van der Waals surface area contributed by atoms with E-state index in [9.17, 15) is 14.4 Å². The van der Waals surface area contributed by atoms with Crippen molar-refractivity contribution in [1.82, 2.24) is 19.4 Å². The number of piperazine rings is 1. The lowest BCUT2D eigenvalue weighted by Crippen LogP contribution is -2.54. The molecule has 0 radical (unpaired) electrons. The van der Waals surface area contributed by atoms with Crippen LogP contribution in [0.2, 0.25) is 0 Å². The van der Waals surface area contributed by atoms with Crippen molar-refractivity contribution in [2.75, 3.05) is 43.4 Å². The van der Waals surface area contributed by atoms with Gasteiger partial charge in [-0.15, -0.1) is 0 Å². The van der Waals surface area contributed by atoms with Crippen LogP contribution in [0.25, 0.3) is 10.9 Å². The largest absolute Gasteiger partial charge is 0.444 e. The molecule has 2 fully saturated rings. The van der Waals surface area contributed by atoms with Gasteiger partial charge in [-0.05, 0) is 105 Å². The maximum absolute atomic E-state index is 13.5. The molecule has 4 heterocycles. The maximum Gasteiger partial charge on any atom is 0.419 e. The van der Waals surface area contributed by atoms with Gasteiger partial charge in [0.15, 0.2) is 0 Å². The second-order valence-electron chi connectivity index (χ2n) is 14.1. The Hall–Kier alpha value is -4.12. The second-order valence-corrected chi connectivity index (χ2v) is 14.1. The topological polar surface area (TPSA) is 109 Å². The van der Waals surface area contributed by atoms with E-state index in [-0.39, 0.29) is 24.1 Å². The molecule has 0 aliphatic carbocycles. The standard InChI is InChI=1S/C34H46N6O5/c1-22-21-38(31(42)44-33(2,3)4)16-17-39(22)25-13-11-23(12-14-25)30(41)36-29-19-27-24(20-35-29)18-28(26-10-9-15-37(26)8)40(27)32(43)45-34(5,6)7/h11-14,18-20,22,26H,9-10,15-17,21H2,1-8H3,(H,35,36,41)/t22-,26+/m0/s1. The number of hydrogen-bond donors (Lipinski definition) is 1. The number of carbonyl (C=O) groups excluding carboxylic acids is 3. The fourth-order valence-corrected chi connectivity index (χ4v) is 6.06. The Balaban J connectivity index is 1.31. The van der Waals surface area contributed by atoms with Crippen LogP contribution in [0.15, 0.2) is 42.6 Å². The lowest BCUT2D eigenvalue weighted by Gasteiger charge is -2.41. The highest BCUT2D eigenvalue weighted by atomic mass is 16.6. The van der Waals surface area contributed by atoms with Crippen LogP contribution in [0.4, 0.5) is 21.1 Å². The fraction of sp³-hybridized carbons (Fsp3) is 0.529. The molecule has 242 valence electrons. The first-order chi connectivity index (χ1) is 21.1. The number of hydrogen-bond acceptors (Lipinski definition) is 8. The summed E-state index contributed by atoms with van der Waals surface area (Å²) in [6.45, 7) is 15.9. The average Bonchev–Trinajstić information content (AvgIpc) is 3.54. The summed E-state index contributed by atoms with van der Waals surface area (Å²) < 4.78 is 13.0. The lowest BCUT2D eigenvalue weighted by molar-refractivity contribution is 0.0218. The number of anilines is 2. The molecule has 2 atom stereocenters. The third-order valence-electron chi connectivity index (χ3n) is 8.13. The number of pyridine rings is 1. The van der Waals surface area contributed by atoms with E-state index in [0.29, 0.717) is 36.5 Å². The molecule has 45 heavy (non-hydrogen) atoms. The summed E-state index contributed by atoms with van der Waals surface area (Å²) in [4.78, 5) is 50.0. The Kier molecular flexibility index (Phi) is 8.86. The molecule has 2 saturated heterocycles. The van der Waals surface area contributed by atoms with Gasteiger partial charge in [0.1, 0.15) is 17.0 Å². The quantitative estimate of drug-likeness (QED) is 0.364. The fourth-order valence-electron chi connectivity index (χ4n) is 6.06. The van der Waals surface area contributed by atoms with Gasteiger partial charge in [-0.3, -0.25) is 9.69 Å². The summed E-state index contributed by atoms with van der Waals surface area (Å²) in [5.41, 5.74) is 1.76. The molecule has 0 saturated carbocycles. The van der Waals surface area contributed by atoms with Crippen molar-refractivity contribution >= 4 is 40.5 Å². The number of likely N-dealkylation sites (tertiary alicyclic amines) is 1. The average molecular weight is 619 g/mol. The van der Waals surface area contributed by atoms with Crippen molar-refractivity contribution in [3.8, 4) is 0 Å². The number of aromatic nitrogens is 2. The van der Waals surface area contributed by atoms with Gasteiger partial charge in [-0.1, -0.05) is 0 Å². The zero-order chi connectivity index (χ0) is 32.7. The van der Waals surface area contributed by atoms with Gasteiger partial charge in [0.25, 0.3) is 5.91 Å². The van der Waals surface area contributed by atoms with Crippen molar-refractivity contribution in [2.24, 2.45) is 0 Å². The van der Waals surface area contributed by atoms with E-state index in [1.54, 1.807) is 33.9 Å². The number of amides is 2. The summed E-state index contributed by atoms with van der Waals surface area (Å²) in [5, 5.41) is 3.70. The highest BCUT2D eigenvalue weighted by molar-refractivity contribution is 6.05. The molecule has 2 amide bonds. The highest BCUT2D eigenvalue weighted by Gasteiger charge is 2.32. The first-order valence-electron chi connectivity index (χ1n) is 15.7. The number of nitrogens with one attached hydrogen (secondary N) is 1. The summed E-state index contributed by atoms with van der Waals surface area (Å²) in [6.07, 6.45) is 2.93. The molecule has 5 rings (SSSR count). The zero-order valence-electron chi connectivity index (χ0n) is 27.7. The predicted molar refractivity (Wildman–Crippen MR) is 175 cm³/mol. The van der Waals surface area contributed by atoms with Crippen LogP contribution < -0.4 is 10.2 Å². The van der Waals surface area contributed by atoms with Gasteiger partial charge in [-0.25, -0.2) is 19.1 Å². The van der Waals surface area contributed by atoms with Crippen LogP contribution >= 0.6 is 0 Å². The molecule has 1 N–H and O–H groups in total. The van der Waals surface area contributed by atoms with Crippen LogP contribution in [0.3, 0.4) is 0 Å². The predicted octanol–water partition coefficient (Wildman–Crippen LogP) is 6.28. The first kappa shape index (κ1) is 32.3. The smallest absolute Gasteiger partial charge is 0.419 e. The summed E-state index contributed by atoms with van der Waals surface area (Å²) in [6, 6.07) is 11.3. The molecule has 2 aliphatic heterocycles. The Morgan fingerprint density at radius 3 is 2.18 bits per heavy atom. The molecule has 0 spiro atoms. The Labute approximate surface area is 265 Å². The second kappa shape index (κ2) is 12.3. The summed E-state index contributed by atoms with van der Waals surface area (Å²) in [5.74, 6) is 0.0417. The van der Waals surface area contributed by atoms with Crippen LogP contribution in [0, 0.1) is 0 Å². The van der Waals surface area contributed by atoms with Crippen molar-refractivity contribution in [3.63, 3.8) is 0 Å². The Morgan fingerprint density at radius 2 is 1.58 bits per heavy atom. The van der Waals surface area contributed by atoms with Gasteiger partial charge in [0, 0.05) is 60.3 Å². The number of rotatable bonds is 4. The van der Waals surface area contributed by atoms with E-state index in [2.05, 4.69) is 34.1 Å². The van der Waals surface area contributed by atoms with Gasteiger partial charge >= 0.3 is 12.2 Å². The minimum Gasteiger partial charge on any atom is -0.444 e. The minimum atomic E-state index is -0.660. The van der Waals surface area contributed by atoms with E-state index in [4.69, 9.17) is 9.47 Å². The molecule has 11 heteroatoms. The van der Waals surface area contributed by atoms with Crippen LogP contribution in [0.1, 0.15) is 83.4 Å². The van der Waals surface area contributed by atoms with Crippen molar-refractivity contribution in [1.29, 1.82) is 0 Å². The third-order valence-corrected chi connectivity index (χ3v) is 8.13. The zero-order valence-corrected chi connectivity index (χ0v) is 27.7. The number of fused-ring (bicyclic) bond motifs is 1. The van der Waals surface area contributed by atoms with Crippen LogP contribution in [0.5, 0.6) is 0 Å². The molecular weight excluding hydrogens is 572 g/mol. The van der Waals surface area contributed by atoms with Crippen molar-refractivity contribution < 1.29 is 23.9 Å². The van der Waals surface area contributed by atoms with E-state index >= 15 is 0 Å². The number of carbonyl (C=O) groups is 3. The van der Waals surface area contributed by atoms with Gasteiger partial charge < -0.3 is 24.6 Å². The molecule has 0 unspecified atom stereocenters. The summed E-state index contributed by atoms with van der Waals surface area (Å²) in [7, 11) is 2.06. The SMILES string of the molecule is C[C@H]1CN(C(=O)OC(C)(C)C)CCN1c1ccc(C(=O)Nc2cc3c(cn2)cc([C@H]2CCCN2C)n3C(=O)OC(C)(C)C)cc1. The van der Waals surface area contributed by atoms with Crippen molar-refractivity contribution in [2.45, 2.75) is 84.6 Å². The maximum atomic E-state index is 13.5. The molecule has 3 aromatic rings.